The maximum absolute atomic E-state index is 13.3. The molecule has 1 aliphatic heterocycles. The summed E-state index contributed by atoms with van der Waals surface area (Å²) in [4.78, 5) is 28.5. The molecule has 1 amide bonds. The van der Waals surface area contributed by atoms with Gasteiger partial charge in [-0.25, -0.2) is 4.68 Å². The molecule has 1 aliphatic rings. The van der Waals surface area contributed by atoms with E-state index in [-0.39, 0.29) is 11.5 Å². The Morgan fingerprint density at radius 1 is 1.30 bits per heavy atom. The number of rotatable bonds is 7. The van der Waals surface area contributed by atoms with Crippen molar-refractivity contribution in [2.45, 2.75) is 32.7 Å². The van der Waals surface area contributed by atoms with E-state index in [4.69, 9.17) is 4.74 Å². The van der Waals surface area contributed by atoms with Crippen LogP contribution in [-0.2, 0) is 9.53 Å². The number of nitrogens with zero attached hydrogens (tertiary/aromatic N) is 3. The number of ether oxygens (including phenoxy) is 1. The summed E-state index contributed by atoms with van der Waals surface area (Å²) >= 11 is 1.58. The quantitative estimate of drug-likeness (QED) is 0.586. The summed E-state index contributed by atoms with van der Waals surface area (Å²) in [5.74, 6) is -0.146. The number of amides is 1. The molecule has 1 atom stereocenters. The number of hydrogen-bond donors (Lipinski definition) is 1. The summed E-state index contributed by atoms with van der Waals surface area (Å²) in [5.41, 5.74) is 0.590. The highest BCUT2D eigenvalue weighted by molar-refractivity contribution is 7.26. The minimum Gasteiger partial charge on any atom is -0.379 e. The Morgan fingerprint density at radius 2 is 2.07 bits per heavy atom. The summed E-state index contributed by atoms with van der Waals surface area (Å²) in [6.45, 7) is 8.78. The first-order valence-corrected chi connectivity index (χ1v) is 11.4. The molecule has 0 spiro atoms. The fraction of sp³-hybridized carbons (Fsp3) is 0.500. The highest BCUT2D eigenvalue weighted by atomic mass is 32.1. The molecule has 160 valence electrons. The standard InChI is InChI=1S/C22H28N4O3S/c1-3-17(21(27)23-9-6-10-25-11-13-29-14-12-25)26-22(28)19-16-7-4-5-8-18(16)30-20(19)15(2)24-26/h4-5,7-8,17H,3,6,9-14H2,1-2H3,(H,23,27). The minimum absolute atomic E-state index is 0.146. The van der Waals surface area contributed by atoms with E-state index in [1.165, 1.54) is 4.68 Å². The van der Waals surface area contributed by atoms with E-state index in [2.05, 4.69) is 15.3 Å². The summed E-state index contributed by atoms with van der Waals surface area (Å²) in [7, 11) is 0. The number of carbonyl (C=O) groups excluding carboxylic acids is 1. The molecule has 0 aliphatic carbocycles. The van der Waals surface area contributed by atoms with Crippen molar-refractivity contribution in [3.8, 4) is 0 Å². The lowest BCUT2D eigenvalue weighted by molar-refractivity contribution is -0.124. The third kappa shape index (κ3) is 4.12. The molecule has 7 nitrogen and oxygen atoms in total. The smallest absolute Gasteiger partial charge is 0.276 e. The third-order valence-electron chi connectivity index (χ3n) is 5.64. The molecule has 1 fully saturated rings. The van der Waals surface area contributed by atoms with E-state index in [1.807, 2.05) is 38.1 Å². The van der Waals surface area contributed by atoms with E-state index < -0.39 is 6.04 Å². The second-order valence-corrected chi connectivity index (χ2v) is 8.71. The topological polar surface area (TPSA) is 76.5 Å². The van der Waals surface area contributed by atoms with Gasteiger partial charge in [0, 0.05) is 29.7 Å². The number of carbonyl (C=O) groups is 1. The monoisotopic (exact) mass is 428 g/mol. The van der Waals surface area contributed by atoms with Gasteiger partial charge in [-0.3, -0.25) is 14.5 Å². The number of thiophene rings is 1. The highest BCUT2D eigenvalue weighted by Gasteiger charge is 2.24. The van der Waals surface area contributed by atoms with Gasteiger partial charge in [-0.15, -0.1) is 11.3 Å². The Bertz CT molecular complexity index is 1100. The van der Waals surface area contributed by atoms with E-state index in [0.29, 0.717) is 18.4 Å². The molecule has 1 saturated heterocycles. The predicted octanol–water partition coefficient (Wildman–Crippen LogP) is 2.71. The van der Waals surface area contributed by atoms with Gasteiger partial charge in [0.25, 0.3) is 5.56 Å². The molecular weight excluding hydrogens is 400 g/mol. The van der Waals surface area contributed by atoms with Gasteiger partial charge in [0.2, 0.25) is 5.91 Å². The fourth-order valence-corrected chi connectivity index (χ4v) is 5.15. The van der Waals surface area contributed by atoms with Crippen molar-refractivity contribution < 1.29 is 9.53 Å². The van der Waals surface area contributed by atoms with Crippen LogP contribution in [0.25, 0.3) is 20.2 Å². The molecule has 30 heavy (non-hydrogen) atoms. The predicted molar refractivity (Wildman–Crippen MR) is 120 cm³/mol. The van der Waals surface area contributed by atoms with Gasteiger partial charge in [0.05, 0.1) is 29.0 Å². The van der Waals surface area contributed by atoms with Gasteiger partial charge in [0.1, 0.15) is 6.04 Å². The number of nitrogens with one attached hydrogen (secondary N) is 1. The minimum atomic E-state index is -0.609. The van der Waals surface area contributed by atoms with Gasteiger partial charge < -0.3 is 10.1 Å². The Hall–Kier alpha value is -2.29. The molecule has 0 radical (unpaired) electrons. The molecule has 4 rings (SSSR count). The van der Waals surface area contributed by atoms with Crippen LogP contribution in [0.1, 0.15) is 31.5 Å². The number of benzene rings is 1. The molecular formula is C22H28N4O3S. The van der Waals surface area contributed by atoms with Gasteiger partial charge in [-0.05, 0) is 32.4 Å². The number of morpholine rings is 1. The Morgan fingerprint density at radius 3 is 2.83 bits per heavy atom. The van der Waals surface area contributed by atoms with Crippen LogP contribution in [-0.4, -0.2) is 60.0 Å². The first-order chi connectivity index (χ1) is 14.6. The van der Waals surface area contributed by atoms with Crippen molar-refractivity contribution in [3.05, 3.63) is 40.3 Å². The van der Waals surface area contributed by atoms with E-state index in [1.54, 1.807) is 11.3 Å². The summed E-state index contributed by atoms with van der Waals surface area (Å²) in [6, 6.07) is 7.28. The average molecular weight is 429 g/mol. The maximum Gasteiger partial charge on any atom is 0.276 e. The largest absolute Gasteiger partial charge is 0.379 e. The molecule has 1 aromatic carbocycles. The average Bonchev–Trinajstić information content (AvgIpc) is 3.16. The lowest BCUT2D eigenvalue weighted by Crippen LogP contribution is -2.40. The zero-order valence-corrected chi connectivity index (χ0v) is 18.3. The molecule has 0 bridgehead atoms. The van der Waals surface area contributed by atoms with Crippen LogP contribution >= 0.6 is 11.3 Å². The zero-order valence-electron chi connectivity index (χ0n) is 17.5. The number of aryl methyl sites for hydroxylation is 1. The second kappa shape index (κ2) is 9.24. The van der Waals surface area contributed by atoms with Gasteiger partial charge in [0.15, 0.2) is 0 Å². The highest BCUT2D eigenvalue weighted by Crippen LogP contribution is 2.33. The van der Waals surface area contributed by atoms with E-state index in [9.17, 15) is 9.59 Å². The molecule has 3 aromatic rings. The summed E-state index contributed by atoms with van der Waals surface area (Å²) in [6.07, 6.45) is 1.38. The van der Waals surface area contributed by atoms with Crippen molar-refractivity contribution in [2.75, 3.05) is 39.4 Å². The van der Waals surface area contributed by atoms with Crippen molar-refractivity contribution in [2.24, 2.45) is 0 Å². The summed E-state index contributed by atoms with van der Waals surface area (Å²) < 4.78 is 8.71. The van der Waals surface area contributed by atoms with Crippen molar-refractivity contribution in [1.82, 2.24) is 20.0 Å². The van der Waals surface area contributed by atoms with Crippen LogP contribution in [0, 0.1) is 6.92 Å². The van der Waals surface area contributed by atoms with Crippen LogP contribution in [0.15, 0.2) is 29.1 Å². The zero-order chi connectivity index (χ0) is 21.1. The normalized spacial score (nSPS) is 16.2. The van der Waals surface area contributed by atoms with Gasteiger partial charge in [-0.2, -0.15) is 5.10 Å². The first-order valence-electron chi connectivity index (χ1n) is 10.6. The Balaban J connectivity index is 1.52. The fourth-order valence-electron chi connectivity index (χ4n) is 4.02. The molecule has 1 N–H and O–H groups in total. The van der Waals surface area contributed by atoms with E-state index >= 15 is 0 Å². The molecule has 8 heteroatoms. The maximum atomic E-state index is 13.3. The van der Waals surface area contributed by atoms with Crippen molar-refractivity contribution in [3.63, 3.8) is 0 Å². The lowest BCUT2D eigenvalue weighted by atomic mass is 10.1. The summed E-state index contributed by atoms with van der Waals surface area (Å²) in [5, 5.41) is 9.13. The molecule has 1 unspecified atom stereocenters. The van der Waals surface area contributed by atoms with Gasteiger partial charge >= 0.3 is 0 Å². The van der Waals surface area contributed by atoms with Gasteiger partial charge in [-0.1, -0.05) is 25.1 Å². The van der Waals surface area contributed by atoms with Crippen molar-refractivity contribution in [1.29, 1.82) is 0 Å². The van der Waals surface area contributed by atoms with Crippen LogP contribution in [0.4, 0.5) is 0 Å². The Labute approximate surface area is 179 Å². The second-order valence-electron chi connectivity index (χ2n) is 7.66. The SMILES string of the molecule is CCC(C(=O)NCCCN1CCOCC1)n1nc(C)c2sc3ccccc3c2c1=O. The van der Waals surface area contributed by atoms with Crippen molar-refractivity contribution >= 4 is 37.4 Å². The van der Waals surface area contributed by atoms with Crippen LogP contribution in [0.5, 0.6) is 0 Å². The first kappa shape index (κ1) is 21.0. The Kier molecular flexibility index (Phi) is 6.46. The molecule has 3 heterocycles. The van der Waals surface area contributed by atoms with Crippen LogP contribution < -0.4 is 10.9 Å². The number of aromatic nitrogens is 2. The molecule has 2 aromatic heterocycles. The van der Waals surface area contributed by atoms with Crippen LogP contribution in [0.3, 0.4) is 0 Å². The van der Waals surface area contributed by atoms with E-state index in [0.717, 1.165) is 59.7 Å². The third-order valence-corrected chi connectivity index (χ3v) is 6.92. The van der Waals surface area contributed by atoms with Crippen LogP contribution in [0.2, 0.25) is 0 Å². The molecule has 0 saturated carbocycles. The number of hydrogen-bond acceptors (Lipinski definition) is 6. The number of fused-ring (bicyclic) bond motifs is 3. The lowest BCUT2D eigenvalue weighted by Gasteiger charge is -2.26.